The summed E-state index contributed by atoms with van der Waals surface area (Å²) in [7, 11) is 0. The van der Waals surface area contributed by atoms with Crippen LogP contribution in [0.15, 0.2) is 48.5 Å². The Labute approximate surface area is 149 Å². The maximum Gasteiger partial charge on any atom is 0.256 e. The number of rotatable bonds is 3. The number of aromatic nitrogens is 2. The molecule has 0 bridgehead atoms. The quantitative estimate of drug-likeness (QED) is 0.783. The monoisotopic (exact) mass is 353 g/mol. The Hall–Kier alpha value is -3.19. The number of ether oxygens (including phenoxy) is 2. The van der Waals surface area contributed by atoms with Gasteiger partial charge in [-0.05, 0) is 37.3 Å². The van der Waals surface area contributed by atoms with Gasteiger partial charge in [0.2, 0.25) is 0 Å². The van der Waals surface area contributed by atoms with Crippen molar-refractivity contribution in [3.05, 3.63) is 71.2 Å². The van der Waals surface area contributed by atoms with Gasteiger partial charge in [0.15, 0.2) is 6.79 Å². The van der Waals surface area contributed by atoms with E-state index in [1.54, 1.807) is 49.4 Å². The fraction of sp³-hybridized carbons (Fsp3) is 0.158. The molecule has 2 aromatic carbocycles. The number of nitrogens with zero attached hydrogens (tertiary/aromatic N) is 2. The summed E-state index contributed by atoms with van der Waals surface area (Å²) in [4.78, 5) is 12.6. The van der Waals surface area contributed by atoms with Crippen molar-refractivity contribution in [1.82, 2.24) is 9.78 Å². The van der Waals surface area contributed by atoms with E-state index in [2.05, 4.69) is 10.4 Å². The number of hydrogen-bond acceptors (Lipinski definition) is 4. The molecule has 0 spiro atoms. The molecule has 0 saturated heterocycles. The second-order valence-corrected chi connectivity index (χ2v) is 5.92. The molecule has 7 heteroatoms. The van der Waals surface area contributed by atoms with Crippen LogP contribution in [0.5, 0.6) is 5.75 Å². The molecule has 0 unspecified atom stereocenters. The number of halogens is 1. The van der Waals surface area contributed by atoms with Gasteiger partial charge in [0, 0.05) is 17.2 Å². The highest BCUT2D eigenvalue weighted by Gasteiger charge is 2.17. The van der Waals surface area contributed by atoms with Gasteiger partial charge in [0.1, 0.15) is 23.1 Å². The molecule has 1 N–H and O–H groups in total. The Kier molecular flexibility index (Phi) is 4.14. The first-order chi connectivity index (χ1) is 12.6. The predicted octanol–water partition coefficient (Wildman–Crippen LogP) is 3.44. The molecular formula is C19H16FN3O3. The van der Waals surface area contributed by atoms with Gasteiger partial charge in [-0.1, -0.05) is 12.1 Å². The number of aryl methyl sites for hydroxylation is 1. The summed E-state index contributed by atoms with van der Waals surface area (Å²) in [6.07, 6.45) is 0. The van der Waals surface area contributed by atoms with Gasteiger partial charge >= 0.3 is 0 Å². The number of para-hydroxylation sites is 1. The summed E-state index contributed by atoms with van der Waals surface area (Å²) in [5.41, 5.74) is 2.19. The molecule has 132 valence electrons. The van der Waals surface area contributed by atoms with E-state index < -0.39 is 5.82 Å². The summed E-state index contributed by atoms with van der Waals surface area (Å²) in [5, 5.41) is 7.07. The molecule has 0 saturated carbocycles. The molecule has 1 aliphatic heterocycles. The van der Waals surface area contributed by atoms with Crippen molar-refractivity contribution in [2.45, 2.75) is 13.5 Å². The molecule has 1 aliphatic rings. The number of fused-ring (bicyclic) bond motifs is 1. The third-order valence-corrected chi connectivity index (χ3v) is 4.03. The topological polar surface area (TPSA) is 65.4 Å². The number of anilines is 1. The van der Waals surface area contributed by atoms with Crippen LogP contribution in [0, 0.1) is 12.7 Å². The van der Waals surface area contributed by atoms with Crippen LogP contribution in [0.25, 0.3) is 5.69 Å². The van der Waals surface area contributed by atoms with Crippen LogP contribution in [0.3, 0.4) is 0 Å². The van der Waals surface area contributed by atoms with Gasteiger partial charge in [0.25, 0.3) is 5.91 Å². The maximum absolute atomic E-state index is 14.1. The molecule has 2 heterocycles. The first-order valence-electron chi connectivity index (χ1n) is 8.08. The van der Waals surface area contributed by atoms with Crippen LogP contribution >= 0.6 is 0 Å². The van der Waals surface area contributed by atoms with E-state index in [4.69, 9.17) is 9.47 Å². The highest BCUT2D eigenvalue weighted by atomic mass is 19.1. The minimum Gasteiger partial charge on any atom is -0.467 e. The van der Waals surface area contributed by atoms with Gasteiger partial charge in [-0.25, -0.2) is 9.07 Å². The molecule has 4 rings (SSSR count). The molecule has 0 atom stereocenters. The van der Waals surface area contributed by atoms with Gasteiger partial charge in [-0.3, -0.25) is 4.79 Å². The van der Waals surface area contributed by atoms with E-state index in [1.807, 2.05) is 0 Å². The Morgan fingerprint density at radius 2 is 2.08 bits per heavy atom. The average molecular weight is 353 g/mol. The molecular weight excluding hydrogens is 337 g/mol. The smallest absolute Gasteiger partial charge is 0.256 e. The SMILES string of the molecule is Cc1cc(NC(=O)c2ccc3c(c2)COCO3)n(-c2ccccc2F)n1. The molecule has 3 aromatic rings. The highest BCUT2D eigenvalue weighted by molar-refractivity contribution is 6.04. The highest BCUT2D eigenvalue weighted by Crippen LogP contribution is 2.25. The van der Waals surface area contributed by atoms with Crippen molar-refractivity contribution in [2.24, 2.45) is 0 Å². The second kappa shape index (κ2) is 6.61. The Morgan fingerprint density at radius 3 is 2.92 bits per heavy atom. The fourth-order valence-corrected chi connectivity index (χ4v) is 2.82. The van der Waals surface area contributed by atoms with Crippen molar-refractivity contribution in [3.8, 4) is 11.4 Å². The molecule has 0 aliphatic carbocycles. The minimum atomic E-state index is -0.422. The number of benzene rings is 2. The van der Waals surface area contributed by atoms with Crippen molar-refractivity contribution >= 4 is 11.7 Å². The van der Waals surface area contributed by atoms with E-state index >= 15 is 0 Å². The number of carbonyl (C=O) groups excluding carboxylic acids is 1. The van der Waals surface area contributed by atoms with Gasteiger partial charge in [-0.15, -0.1) is 0 Å². The van der Waals surface area contributed by atoms with Crippen LogP contribution in [-0.2, 0) is 11.3 Å². The molecule has 1 amide bonds. The fourth-order valence-electron chi connectivity index (χ4n) is 2.82. The van der Waals surface area contributed by atoms with Gasteiger partial charge < -0.3 is 14.8 Å². The van der Waals surface area contributed by atoms with E-state index in [9.17, 15) is 9.18 Å². The minimum absolute atomic E-state index is 0.208. The first-order valence-corrected chi connectivity index (χ1v) is 8.08. The normalized spacial score (nSPS) is 13.0. The molecule has 0 radical (unpaired) electrons. The number of carbonyl (C=O) groups is 1. The predicted molar refractivity (Wildman–Crippen MR) is 92.9 cm³/mol. The van der Waals surface area contributed by atoms with E-state index in [0.29, 0.717) is 29.4 Å². The van der Waals surface area contributed by atoms with Crippen LogP contribution in [0.1, 0.15) is 21.6 Å². The number of hydrogen-bond donors (Lipinski definition) is 1. The Balaban J connectivity index is 1.64. The molecule has 0 fully saturated rings. The number of nitrogens with one attached hydrogen (secondary N) is 1. The van der Waals surface area contributed by atoms with E-state index in [1.165, 1.54) is 10.7 Å². The van der Waals surface area contributed by atoms with E-state index in [0.717, 1.165) is 5.56 Å². The summed E-state index contributed by atoms with van der Waals surface area (Å²) >= 11 is 0. The zero-order valence-corrected chi connectivity index (χ0v) is 14.0. The average Bonchev–Trinajstić information content (AvgIpc) is 3.01. The maximum atomic E-state index is 14.1. The lowest BCUT2D eigenvalue weighted by atomic mass is 10.1. The molecule has 6 nitrogen and oxygen atoms in total. The van der Waals surface area contributed by atoms with Crippen molar-refractivity contribution < 1.29 is 18.7 Å². The third kappa shape index (κ3) is 3.04. The van der Waals surface area contributed by atoms with Crippen LogP contribution in [-0.4, -0.2) is 22.5 Å². The Bertz CT molecular complexity index is 984. The van der Waals surface area contributed by atoms with Crippen molar-refractivity contribution in [1.29, 1.82) is 0 Å². The van der Waals surface area contributed by atoms with Crippen molar-refractivity contribution in [2.75, 3.05) is 12.1 Å². The Morgan fingerprint density at radius 1 is 1.23 bits per heavy atom. The first kappa shape index (κ1) is 16.3. The van der Waals surface area contributed by atoms with Gasteiger partial charge in [-0.2, -0.15) is 5.10 Å². The van der Waals surface area contributed by atoms with Crippen molar-refractivity contribution in [3.63, 3.8) is 0 Å². The van der Waals surface area contributed by atoms with Gasteiger partial charge in [0.05, 0.1) is 12.3 Å². The largest absolute Gasteiger partial charge is 0.467 e. The molecule has 26 heavy (non-hydrogen) atoms. The lowest BCUT2D eigenvalue weighted by Gasteiger charge is -2.18. The molecule has 1 aromatic heterocycles. The van der Waals surface area contributed by atoms with E-state index in [-0.39, 0.29) is 18.4 Å². The number of amides is 1. The summed E-state index contributed by atoms with van der Waals surface area (Å²) in [6, 6.07) is 13.1. The lowest BCUT2D eigenvalue weighted by molar-refractivity contribution is -0.0163. The zero-order valence-electron chi connectivity index (χ0n) is 14.0. The summed E-state index contributed by atoms with van der Waals surface area (Å²) in [5.74, 6) is 0.355. The van der Waals surface area contributed by atoms with Crippen LogP contribution in [0.4, 0.5) is 10.2 Å². The standard InChI is InChI=1S/C19H16FN3O3/c1-12-8-18(23(22-12)16-5-3-2-4-15(16)20)21-19(24)13-6-7-17-14(9-13)10-25-11-26-17/h2-9H,10-11H2,1H3,(H,21,24). The van der Waals surface area contributed by atoms with Crippen LogP contribution < -0.4 is 10.1 Å². The lowest BCUT2D eigenvalue weighted by Crippen LogP contribution is -2.17. The second-order valence-electron chi connectivity index (χ2n) is 5.92. The summed E-state index contributed by atoms with van der Waals surface area (Å²) < 4.78 is 26.1. The zero-order chi connectivity index (χ0) is 18.1. The van der Waals surface area contributed by atoms with Crippen LogP contribution in [0.2, 0.25) is 0 Å². The summed E-state index contributed by atoms with van der Waals surface area (Å²) in [6.45, 7) is 2.38. The third-order valence-electron chi connectivity index (χ3n) is 4.03.